The van der Waals surface area contributed by atoms with Crippen LogP contribution in [0.1, 0.15) is 69.0 Å². The van der Waals surface area contributed by atoms with Crippen molar-refractivity contribution in [1.29, 1.82) is 0 Å². The fraction of sp³-hybridized carbons (Fsp3) is 0.484. The van der Waals surface area contributed by atoms with Crippen molar-refractivity contribution in [2.45, 2.75) is 75.2 Å². The van der Waals surface area contributed by atoms with Gasteiger partial charge in [-0.3, -0.25) is 9.69 Å². The van der Waals surface area contributed by atoms with Crippen molar-refractivity contribution in [3.05, 3.63) is 69.7 Å². The standard InChI is InChI=1S/C31H38ClN3O4SSi/c1-18(2)30(3,4)41-25-11-14-35(27(25)36)26(20-7-5-6-8-21(20)32)24-16-33-29(40-24)34-28(37)31(12-13-31)19-9-10-22-23(15-19)39-17-38-22/h5-10,15-16,18,25-27,36H,11-14,17,41H2,1-4H3,(H,33,34,37)/t25?,26-,27?/m0/s1. The number of aliphatic hydroxyl groups excluding tert-OH is 1. The van der Waals surface area contributed by atoms with Crippen molar-refractivity contribution >= 4 is 43.5 Å². The van der Waals surface area contributed by atoms with Gasteiger partial charge in [-0.25, -0.2) is 4.98 Å². The van der Waals surface area contributed by atoms with E-state index in [0.717, 1.165) is 41.8 Å². The van der Waals surface area contributed by atoms with E-state index in [-0.39, 0.29) is 23.8 Å². The number of aliphatic hydroxyl groups is 1. The summed E-state index contributed by atoms with van der Waals surface area (Å²) in [4.78, 5) is 21.3. The van der Waals surface area contributed by atoms with E-state index in [0.29, 0.717) is 33.1 Å². The van der Waals surface area contributed by atoms with Crippen LogP contribution in [0.4, 0.5) is 5.13 Å². The number of aromatic nitrogens is 1. The zero-order chi connectivity index (χ0) is 28.9. The summed E-state index contributed by atoms with van der Waals surface area (Å²) in [6.07, 6.45) is 3.81. The molecule has 1 saturated heterocycles. The first-order valence-corrected chi connectivity index (χ1v) is 17.2. The number of nitrogens with one attached hydrogen (secondary N) is 1. The molecule has 6 rings (SSSR count). The molecule has 0 bridgehead atoms. The third-order valence-electron chi connectivity index (χ3n) is 9.53. The first-order chi connectivity index (χ1) is 19.6. The highest BCUT2D eigenvalue weighted by Gasteiger charge is 2.52. The number of anilines is 1. The number of nitrogens with zero attached hydrogens (tertiary/aromatic N) is 2. The van der Waals surface area contributed by atoms with E-state index in [1.54, 1.807) is 0 Å². The van der Waals surface area contributed by atoms with Gasteiger partial charge in [0.1, 0.15) is 6.23 Å². The molecule has 1 aliphatic carbocycles. The van der Waals surface area contributed by atoms with Crippen molar-refractivity contribution in [2.24, 2.45) is 5.92 Å². The van der Waals surface area contributed by atoms with Gasteiger partial charge >= 0.3 is 0 Å². The summed E-state index contributed by atoms with van der Waals surface area (Å²) >= 11 is 8.19. The normalized spacial score (nSPS) is 22.5. The molecule has 0 radical (unpaired) electrons. The van der Waals surface area contributed by atoms with E-state index in [1.807, 2.05) is 48.7 Å². The fourth-order valence-corrected chi connectivity index (χ4v) is 10.00. The smallest absolute Gasteiger partial charge is 0.236 e. The maximum absolute atomic E-state index is 13.6. The number of amides is 1. The second kappa shape index (κ2) is 11.0. The minimum absolute atomic E-state index is 0.0604. The van der Waals surface area contributed by atoms with Gasteiger partial charge in [0.05, 0.1) is 11.5 Å². The van der Waals surface area contributed by atoms with E-state index in [4.69, 9.17) is 21.1 Å². The molecule has 2 N–H and O–H groups in total. The molecule has 3 atom stereocenters. The Labute approximate surface area is 253 Å². The Kier molecular flexibility index (Phi) is 7.70. The summed E-state index contributed by atoms with van der Waals surface area (Å²) in [5, 5.41) is 16.2. The highest BCUT2D eigenvalue weighted by Crippen LogP contribution is 2.52. The van der Waals surface area contributed by atoms with Gasteiger partial charge in [-0.15, -0.1) is 0 Å². The Morgan fingerprint density at radius 1 is 1.22 bits per heavy atom. The maximum Gasteiger partial charge on any atom is 0.236 e. The van der Waals surface area contributed by atoms with Gasteiger partial charge in [0.15, 0.2) is 16.6 Å². The third kappa shape index (κ3) is 5.43. The van der Waals surface area contributed by atoms with Crippen LogP contribution in [-0.2, 0) is 10.2 Å². The molecule has 3 aliphatic rings. The maximum atomic E-state index is 13.6. The first-order valence-electron chi connectivity index (χ1n) is 14.4. The SMILES string of the molecule is CC(C)C(C)(C)[SiH2]C1CCN([C@H](c2cnc(NC(=O)C3(c4ccc5c(c4)OCO5)CC3)s2)c2ccccc2Cl)C1O. The van der Waals surface area contributed by atoms with E-state index < -0.39 is 21.2 Å². The summed E-state index contributed by atoms with van der Waals surface area (Å²) < 4.78 is 11.0. The number of likely N-dealkylation sites (tertiary alicyclic amines) is 1. The molecular weight excluding hydrogens is 574 g/mol. The molecule has 1 saturated carbocycles. The average molecular weight is 612 g/mol. The molecule has 41 heavy (non-hydrogen) atoms. The molecule has 2 aromatic carbocycles. The number of rotatable bonds is 9. The molecule has 2 aliphatic heterocycles. The van der Waals surface area contributed by atoms with Crippen LogP contribution >= 0.6 is 22.9 Å². The second-order valence-electron chi connectivity index (χ2n) is 12.6. The van der Waals surface area contributed by atoms with Crippen LogP contribution in [0.3, 0.4) is 0 Å². The van der Waals surface area contributed by atoms with Gasteiger partial charge in [0.2, 0.25) is 12.7 Å². The Morgan fingerprint density at radius 3 is 2.71 bits per heavy atom. The average Bonchev–Trinajstić information content (AvgIpc) is 3.22. The Hall–Kier alpha value is -2.43. The quantitative estimate of drug-likeness (QED) is 0.284. The molecule has 1 amide bonds. The molecule has 2 fully saturated rings. The highest BCUT2D eigenvalue weighted by atomic mass is 35.5. The minimum atomic E-state index is -0.582. The largest absolute Gasteiger partial charge is 0.454 e. The van der Waals surface area contributed by atoms with Gasteiger partial charge in [0, 0.05) is 32.2 Å². The number of hydrogen-bond acceptors (Lipinski definition) is 7. The van der Waals surface area contributed by atoms with E-state index in [1.165, 1.54) is 11.3 Å². The van der Waals surface area contributed by atoms with Gasteiger partial charge in [0.25, 0.3) is 0 Å². The molecule has 218 valence electrons. The Morgan fingerprint density at radius 2 is 1.98 bits per heavy atom. The van der Waals surface area contributed by atoms with Crippen LogP contribution < -0.4 is 14.8 Å². The van der Waals surface area contributed by atoms with E-state index in [9.17, 15) is 9.90 Å². The number of carbonyl (C=O) groups is 1. The lowest BCUT2D eigenvalue weighted by Gasteiger charge is -2.35. The Balaban J connectivity index is 1.24. The van der Waals surface area contributed by atoms with Crippen LogP contribution in [0.25, 0.3) is 0 Å². The monoisotopic (exact) mass is 611 g/mol. The summed E-state index contributed by atoms with van der Waals surface area (Å²) in [7, 11) is -0.571. The number of halogens is 1. The number of carbonyl (C=O) groups excluding carboxylic acids is 1. The van der Waals surface area contributed by atoms with E-state index in [2.05, 4.69) is 42.9 Å². The lowest BCUT2D eigenvalue weighted by molar-refractivity contribution is -0.118. The van der Waals surface area contributed by atoms with Crippen molar-refractivity contribution in [3.63, 3.8) is 0 Å². The second-order valence-corrected chi connectivity index (χ2v) is 17.4. The fourth-order valence-electron chi connectivity index (χ4n) is 6.11. The lowest BCUT2D eigenvalue weighted by Crippen LogP contribution is -2.37. The van der Waals surface area contributed by atoms with Crippen molar-refractivity contribution in [1.82, 2.24) is 9.88 Å². The highest BCUT2D eigenvalue weighted by molar-refractivity contribution is 7.15. The number of benzene rings is 2. The minimum Gasteiger partial charge on any atom is -0.454 e. The van der Waals surface area contributed by atoms with Gasteiger partial charge in [-0.2, -0.15) is 0 Å². The number of fused-ring (bicyclic) bond motifs is 1. The van der Waals surface area contributed by atoms with Crippen LogP contribution in [0.15, 0.2) is 48.7 Å². The molecule has 3 aromatic rings. The summed E-state index contributed by atoms with van der Waals surface area (Å²) in [6.45, 7) is 10.2. The molecule has 7 nitrogen and oxygen atoms in total. The van der Waals surface area contributed by atoms with Crippen molar-refractivity contribution in [3.8, 4) is 11.5 Å². The zero-order valence-electron chi connectivity index (χ0n) is 24.0. The summed E-state index contributed by atoms with van der Waals surface area (Å²) in [6, 6.07) is 13.3. The van der Waals surface area contributed by atoms with E-state index >= 15 is 0 Å². The Bertz CT molecular complexity index is 1440. The molecule has 0 spiro atoms. The van der Waals surface area contributed by atoms with Crippen LogP contribution in [-0.4, -0.2) is 50.0 Å². The van der Waals surface area contributed by atoms with Crippen molar-refractivity contribution in [2.75, 3.05) is 18.7 Å². The van der Waals surface area contributed by atoms with Gasteiger partial charge in [-0.1, -0.05) is 74.9 Å². The van der Waals surface area contributed by atoms with Gasteiger partial charge < -0.3 is 19.9 Å². The molecule has 1 aromatic heterocycles. The molecular formula is C31H38ClN3O4SSi. The molecule has 3 heterocycles. The summed E-state index contributed by atoms with van der Waals surface area (Å²) in [5.41, 5.74) is 1.60. The number of thiazole rings is 1. The van der Waals surface area contributed by atoms with Crippen LogP contribution in [0.2, 0.25) is 15.6 Å². The predicted molar refractivity (Wildman–Crippen MR) is 166 cm³/mol. The van der Waals surface area contributed by atoms with Gasteiger partial charge in [-0.05, 0) is 65.1 Å². The topological polar surface area (TPSA) is 83.9 Å². The van der Waals surface area contributed by atoms with Crippen molar-refractivity contribution < 1.29 is 19.4 Å². The first kappa shape index (κ1) is 28.7. The zero-order valence-corrected chi connectivity index (χ0v) is 27.0. The molecule has 2 unspecified atom stereocenters. The third-order valence-corrected chi connectivity index (χ3v) is 14.1. The van der Waals surface area contributed by atoms with Crippen LogP contribution in [0, 0.1) is 5.92 Å². The summed E-state index contributed by atoms with van der Waals surface area (Å²) in [5.74, 6) is 1.91. The molecule has 10 heteroatoms. The number of ether oxygens (including phenoxy) is 2. The lowest BCUT2D eigenvalue weighted by atomic mass is 9.94. The van der Waals surface area contributed by atoms with Crippen LogP contribution in [0.5, 0.6) is 11.5 Å². The predicted octanol–water partition coefficient (Wildman–Crippen LogP) is 6.12. The number of hydrogen-bond donors (Lipinski definition) is 2.